The van der Waals surface area contributed by atoms with Crippen LogP contribution in [0.3, 0.4) is 0 Å². The van der Waals surface area contributed by atoms with Gasteiger partial charge in [-0.1, -0.05) is 17.7 Å². The summed E-state index contributed by atoms with van der Waals surface area (Å²) in [5, 5.41) is 7.69. The zero-order chi connectivity index (χ0) is 22.9. The first-order valence-electron chi connectivity index (χ1n) is 10.9. The summed E-state index contributed by atoms with van der Waals surface area (Å²) in [6.07, 6.45) is 0.252. The van der Waals surface area contributed by atoms with Crippen molar-refractivity contribution in [2.75, 3.05) is 20.8 Å². The Labute approximate surface area is 198 Å². The van der Waals surface area contributed by atoms with Gasteiger partial charge in [0, 0.05) is 17.0 Å². The molecule has 33 heavy (non-hydrogen) atoms. The molecule has 5 rings (SSSR count). The molecule has 7 heteroatoms. The van der Waals surface area contributed by atoms with Gasteiger partial charge in [-0.2, -0.15) is 5.10 Å². The number of halogens is 1. The Hall–Kier alpha value is -3.38. The molecule has 0 unspecified atom stereocenters. The molecule has 3 aromatic rings. The Kier molecular flexibility index (Phi) is 5.77. The predicted octanol–water partition coefficient (Wildman–Crippen LogP) is 6.00. The molecule has 0 fully saturated rings. The van der Waals surface area contributed by atoms with E-state index in [4.69, 9.17) is 35.6 Å². The van der Waals surface area contributed by atoms with Crippen molar-refractivity contribution in [1.29, 1.82) is 0 Å². The predicted molar refractivity (Wildman–Crippen MR) is 128 cm³/mol. The van der Waals surface area contributed by atoms with Gasteiger partial charge in [-0.3, -0.25) is 0 Å². The average molecular weight is 465 g/mol. The molecule has 0 aliphatic carbocycles. The van der Waals surface area contributed by atoms with E-state index in [0.29, 0.717) is 23.1 Å². The number of rotatable bonds is 6. The van der Waals surface area contributed by atoms with Crippen LogP contribution in [0, 0.1) is 0 Å². The van der Waals surface area contributed by atoms with Crippen LogP contribution in [-0.2, 0) is 0 Å². The van der Waals surface area contributed by atoms with Crippen LogP contribution in [-0.4, -0.2) is 31.5 Å². The summed E-state index contributed by atoms with van der Waals surface area (Å²) in [5.74, 6) is 2.91. The second kappa shape index (κ2) is 8.87. The topological polar surface area (TPSA) is 52.5 Å². The number of hydrogen-bond acceptors (Lipinski definition) is 6. The van der Waals surface area contributed by atoms with Crippen LogP contribution >= 0.6 is 11.6 Å². The van der Waals surface area contributed by atoms with Gasteiger partial charge in [-0.15, -0.1) is 0 Å². The molecule has 2 aliphatic rings. The van der Waals surface area contributed by atoms with Crippen molar-refractivity contribution in [1.82, 2.24) is 5.01 Å². The molecule has 0 saturated carbocycles. The quantitative estimate of drug-likeness (QED) is 0.448. The summed E-state index contributed by atoms with van der Waals surface area (Å²) in [7, 11) is 3.26. The molecule has 170 valence electrons. The number of fused-ring (bicyclic) bond motifs is 3. The summed E-state index contributed by atoms with van der Waals surface area (Å²) in [5.41, 5.74) is 3.89. The number of methoxy groups -OCH3 is 2. The Morgan fingerprint density at radius 2 is 1.85 bits per heavy atom. The van der Waals surface area contributed by atoms with E-state index in [9.17, 15) is 0 Å². The third-order valence-electron chi connectivity index (χ3n) is 5.95. The number of ether oxygens (including phenoxy) is 4. The van der Waals surface area contributed by atoms with E-state index in [1.165, 1.54) is 0 Å². The van der Waals surface area contributed by atoms with Gasteiger partial charge in [0.2, 0.25) is 6.23 Å². The Balaban J connectivity index is 1.59. The van der Waals surface area contributed by atoms with E-state index in [0.717, 1.165) is 40.3 Å². The van der Waals surface area contributed by atoms with Crippen molar-refractivity contribution in [3.05, 3.63) is 82.4 Å². The zero-order valence-corrected chi connectivity index (χ0v) is 19.5. The molecular weight excluding hydrogens is 440 g/mol. The molecule has 0 bridgehead atoms. The molecule has 0 aromatic heterocycles. The molecular formula is C26H25ClN2O4. The van der Waals surface area contributed by atoms with E-state index in [1.54, 1.807) is 14.2 Å². The van der Waals surface area contributed by atoms with E-state index in [-0.39, 0.29) is 6.04 Å². The van der Waals surface area contributed by atoms with Crippen LogP contribution < -0.4 is 18.9 Å². The molecule has 0 radical (unpaired) electrons. The number of hydrogen-bond donors (Lipinski definition) is 0. The lowest BCUT2D eigenvalue weighted by molar-refractivity contribution is -0.0205. The van der Waals surface area contributed by atoms with Crippen molar-refractivity contribution in [2.24, 2.45) is 5.10 Å². The minimum atomic E-state index is -0.478. The summed E-state index contributed by atoms with van der Waals surface area (Å²) >= 11 is 6.35. The second-order valence-corrected chi connectivity index (χ2v) is 8.28. The molecule has 0 saturated heterocycles. The van der Waals surface area contributed by atoms with Gasteiger partial charge in [0.1, 0.15) is 11.5 Å². The van der Waals surface area contributed by atoms with Crippen molar-refractivity contribution < 1.29 is 18.9 Å². The largest absolute Gasteiger partial charge is 0.494 e. The molecule has 2 atom stereocenters. The fraction of sp³-hybridized carbons (Fsp3) is 0.269. The molecule has 0 spiro atoms. The van der Waals surface area contributed by atoms with Crippen LogP contribution in [0.5, 0.6) is 23.0 Å². The van der Waals surface area contributed by atoms with Crippen LogP contribution in [0.2, 0.25) is 5.02 Å². The van der Waals surface area contributed by atoms with Gasteiger partial charge in [-0.25, -0.2) is 5.01 Å². The maximum Gasteiger partial charge on any atom is 0.217 e. The van der Waals surface area contributed by atoms with E-state index in [2.05, 4.69) is 0 Å². The molecule has 2 aliphatic heterocycles. The lowest BCUT2D eigenvalue weighted by Crippen LogP contribution is -2.34. The highest BCUT2D eigenvalue weighted by molar-refractivity contribution is 6.30. The van der Waals surface area contributed by atoms with Gasteiger partial charge in [0.05, 0.1) is 38.1 Å². The summed E-state index contributed by atoms with van der Waals surface area (Å²) in [6.45, 7) is 2.61. The Morgan fingerprint density at radius 3 is 2.58 bits per heavy atom. The SMILES string of the molecule is CCOc1ccc(C2=NN3[C@H](C2)c2cc(Cl)ccc2O[C@H]3c2cccc(OC)c2OC)cc1. The van der Waals surface area contributed by atoms with E-state index in [1.807, 2.05) is 72.6 Å². The number of hydrazone groups is 1. The molecule has 6 nitrogen and oxygen atoms in total. The average Bonchev–Trinajstić information content (AvgIpc) is 3.29. The van der Waals surface area contributed by atoms with Crippen LogP contribution in [0.1, 0.15) is 42.3 Å². The Bertz CT molecular complexity index is 1200. The van der Waals surface area contributed by atoms with Gasteiger partial charge < -0.3 is 18.9 Å². The van der Waals surface area contributed by atoms with E-state index < -0.39 is 6.23 Å². The molecule has 3 aromatic carbocycles. The molecule has 0 amide bonds. The van der Waals surface area contributed by atoms with E-state index >= 15 is 0 Å². The standard InChI is InChI=1S/C26H25ClN2O4/c1-4-32-18-11-8-16(9-12-18)21-15-22-20-14-17(27)10-13-23(20)33-26(29(22)28-21)19-6-5-7-24(30-2)25(19)31-3/h5-14,22,26H,4,15H2,1-3H3/t22-,26+/m1/s1. The highest BCUT2D eigenvalue weighted by Crippen LogP contribution is 2.50. The monoisotopic (exact) mass is 464 g/mol. The van der Waals surface area contributed by atoms with Gasteiger partial charge in [0.15, 0.2) is 11.5 Å². The highest BCUT2D eigenvalue weighted by atomic mass is 35.5. The molecule has 2 heterocycles. The van der Waals surface area contributed by atoms with Crippen LogP contribution in [0.4, 0.5) is 0 Å². The molecule has 0 N–H and O–H groups in total. The minimum absolute atomic E-state index is 0.0186. The van der Waals surface area contributed by atoms with Crippen molar-refractivity contribution in [3.8, 4) is 23.0 Å². The zero-order valence-electron chi connectivity index (χ0n) is 18.7. The van der Waals surface area contributed by atoms with Crippen molar-refractivity contribution in [2.45, 2.75) is 25.6 Å². The van der Waals surface area contributed by atoms with Gasteiger partial charge in [0.25, 0.3) is 0 Å². The summed E-state index contributed by atoms with van der Waals surface area (Å²) < 4.78 is 23.3. The van der Waals surface area contributed by atoms with Crippen LogP contribution in [0.15, 0.2) is 65.8 Å². The third-order valence-corrected chi connectivity index (χ3v) is 6.19. The number of para-hydroxylation sites is 1. The summed E-state index contributed by atoms with van der Waals surface area (Å²) in [4.78, 5) is 0. The van der Waals surface area contributed by atoms with Crippen molar-refractivity contribution in [3.63, 3.8) is 0 Å². The van der Waals surface area contributed by atoms with Crippen LogP contribution in [0.25, 0.3) is 0 Å². The third kappa shape index (κ3) is 3.85. The summed E-state index contributed by atoms with van der Waals surface area (Å²) in [6, 6.07) is 19.5. The second-order valence-electron chi connectivity index (χ2n) is 7.84. The first-order chi connectivity index (χ1) is 16.1. The lowest BCUT2D eigenvalue weighted by Gasteiger charge is -2.38. The normalized spacial score (nSPS) is 18.7. The Morgan fingerprint density at radius 1 is 1.03 bits per heavy atom. The smallest absolute Gasteiger partial charge is 0.217 e. The fourth-order valence-corrected chi connectivity index (χ4v) is 4.64. The minimum Gasteiger partial charge on any atom is -0.494 e. The number of nitrogens with zero attached hydrogens (tertiary/aromatic N) is 2. The number of benzene rings is 3. The van der Waals surface area contributed by atoms with Crippen molar-refractivity contribution >= 4 is 17.3 Å². The fourth-order valence-electron chi connectivity index (χ4n) is 4.45. The van der Waals surface area contributed by atoms with Gasteiger partial charge >= 0.3 is 0 Å². The van der Waals surface area contributed by atoms with Gasteiger partial charge in [-0.05, 0) is 67.1 Å². The maximum absolute atomic E-state index is 6.47. The lowest BCUT2D eigenvalue weighted by atomic mass is 9.95. The maximum atomic E-state index is 6.47. The first-order valence-corrected chi connectivity index (χ1v) is 11.3. The highest BCUT2D eigenvalue weighted by Gasteiger charge is 2.42. The first kappa shape index (κ1) is 21.5.